The molecule has 5 nitrogen and oxygen atoms in total. The topological polar surface area (TPSA) is 59.2 Å². The van der Waals surface area contributed by atoms with Gasteiger partial charge in [-0.15, -0.1) is 0 Å². The van der Waals surface area contributed by atoms with Gasteiger partial charge in [0.05, 0.1) is 5.92 Å². The smallest absolute Gasteiger partial charge is 0.232 e. The number of amides is 1. The van der Waals surface area contributed by atoms with Gasteiger partial charge >= 0.3 is 0 Å². The number of carbonyl (C=O) groups excluding carboxylic acids is 1. The quantitative estimate of drug-likeness (QED) is 0.719. The molecule has 0 radical (unpaired) electrons. The van der Waals surface area contributed by atoms with Gasteiger partial charge in [0.25, 0.3) is 0 Å². The lowest BCUT2D eigenvalue weighted by atomic mass is 10.1. The maximum Gasteiger partial charge on any atom is 0.232 e. The highest BCUT2D eigenvalue weighted by molar-refractivity contribution is 5.79. The van der Waals surface area contributed by atoms with Crippen molar-refractivity contribution in [1.82, 2.24) is 15.0 Å². The summed E-state index contributed by atoms with van der Waals surface area (Å²) >= 11 is 0. The predicted octanol–water partition coefficient (Wildman–Crippen LogP) is 3.87. The van der Waals surface area contributed by atoms with E-state index in [-0.39, 0.29) is 11.8 Å². The molecule has 0 saturated carbocycles. The predicted molar refractivity (Wildman–Crippen MR) is 98.4 cm³/mol. The maximum absolute atomic E-state index is 12.4. The lowest BCUT2D eigenvalue weighted by Crippen LogP contribution is -2.24. The first-order valence-corrected chi connectivity index (χ1v) is 8.83. The molecule has 1 saturated heterocycles. The molecule has 1 unspecified atom stereocenters. The minimum atomic E-state index is -0.0439. The highest BCUT2D eigenvalue weighted by atomic mass is 16.5. The molecule has 0 N–H and O–H groups in total. The summed E-state index contributed by atoms with van der Waals surface area (Å²) in [4.78, 5) is 18.8. The zero-order valence-corrected chi connectivity index (χ0v) is 15.0. The van der Waals surface area contributed by atoms with Crippen molar-refractivity contribution in [3.8, 4) is 11.4 Å². The Morgan fingerprint density at radius 2 is 1.96 bits per heavy atom. The monoisotopic (exact) mass is 347 g/mol. The summed E-state index contributed by atoms with van der Waals surface area (Å²) in [5, 5.41) is 4.15. The van der Waals surface area contributed by atoms with E-state index >= 15 is 0 Å². The van der Waals surface area contributed by atoms with E-state index in [1.54, 1.807) is 0 Å². The Kier molecular flexibility index (Phi) is 4.29. The first kappa shape index (κ1) is 16.5. The van der Waals surface area contributed by atoms with Crippen LogP contribution in [0.1, 0.15) is 34.9 Å². The Hall–Kier alpha value is -2.95. The molecule has 132 valence electrons. The molecular formula is C21H21N3O2. The highest BCUT2D eigenvalue weighted by Crippen LogP contribution is 2.30. The number of likely N-dealkylation sites (tertiary alicyclic amines) is 1. The van der Waals surface area contributed by atoms with Crippen molar-refractivity contribution in [2.45, 2.75) is 32.7 Å². The van der Waals surface area contributed by atoms with Crippen LogP contribution < -0.4 is 0 Å². The van der Waals surface area contributed by atoms with Gasteiger partial charge in [0.15, 0.2) is 0 Å². The van der Waals surface area contributed by atoms with Gasteiger partial charge in [-0.05, 0) is 31.0 Å². The fraction of sp³-hybridized carbons (Fsp3) is 0.286. The van der Waals surface area contributed by atoms with Gasteiger partial charge in [-0.25, -0.2) is 0 Å². The van der Waals surface area contributed by atoms with Crippen LogP contribution in [-0.2, 0) is 11.3 Å². The largest absolute Gasteiger partial charge is 0.339 e. The molecule has 4 rings (SSSR count). The van der Waals surface area contributed by atoms with Crippen molar-refractivity contribution in [3.05, 3.63) is 71.1 Å². The van der Waals surface area contributed by atoms with Crippen LogP contribution >= 0.6 is 0 Å². The summed E-state index contributed by atoms with van der Waals surface area (Å²) in [5.74, 6) is 1.22. The highest BCUT2D eigenvalue weighted by Gasteiger charge is 2.34. The zero-order chi connectivity index (χ0) is 18.1. The number of aromatic nitrogens is 2. The SMILES string of the molecule is Cc1ccc(C)c(-c2noc(C3CC(=O)N(Cc4ccccc4)C3)n2)c1. The number of aryl methyl sites for hydroxylation is 2. The van der Waals surface area contributed by atoms with Gasteiger partial charge < -0.3 is 9.42 Å². The van der Waals surface area contributed by atoms with Gasteiger partial charge in [-0.2, -0.15) is 4.98 Å². The molecule has 1 aromatic heterocycles. The van der Waals surface area contributed by atoms with E-state index < -0.39 is 0 Å². The lowest BCUT2D eigenvalue weighted by Gasteiger charge is -2.15. The van der Waals surface area contributed by atoms with Crippen molar-refractivity contribution in [1.29, 1.82) is 0 Å². The molecular weight excluding hydrogens is 326 g/mol. The Morgan fingerprint density at radius 1 is 1.15 bits per heavy atom. The second-order valence-corrected chi connectivity index (χ2v) is 6.94. The van der Waals surface area contributed by atoms with E-state index in [1.807, 2.05) is 49.1 Å². The Bertz CT molecular complexity index is 933. The summed E-state index contributed by atoms with van der Waals surface area (Å²) in [6.45, 7) is 5.31. The Balaban J connectivity index is 1.51. The molecule has 1 amide bonds. The number of hydrogen-bond donors (Lipinski definition) is 0. The molecule has 3 aromatic rings. The molecule has 1 aliphatic rings. The van der Waals surface area contributed by atoms with Crippen molar-refractivity contribution < 1.29 is 9.32 Å². The molecule has 2 aromatic carbocycles. The second kappa shape index (κ2) is 6.75. The molecule has 0 bridgehead atoms. The minimum Gasteiger partial charge on any atom is -0.339 e. The molecule has 1 atom stereocenters. The van der Waals surface area contributed by atoms with Crippen molar-refractivity contribution >= 4 is 5.91 Å². The first-order valence-electron chi connectivity index (χ1n) is 8.83. The van der Waals surface area contributed by atoms with Crippen LogP contribution in [0.5, 0.6) is 0 Å². The molecule has 5 heteroatoms. The standard InChI is InChI=1S/C21H21N3O2/c1-14-8-9-15(2)18(10-14)20-22-21(26-23-20)17-11-19(25)24(13-17)12-16-6-4-3-5-7-16/h3-10,17H,11-13H2,1-2H3. The molecule has 0 aliphatic carbocycles. The van der Waals surface area contributed by atoms with Crippen molar-refractivity contribution in [2.24, 2.45) is 0 Å². The Morgan fingerprint density at radius 3 is 2.77 bits per heavy atom. The van der Waals surface area contributed by atoms with E-state index in [1.165, 1.54) is 0 Å². The maximum atomic E-state index is 12.4. The number of carbonyl (C=O) groups is 1. The van der Waals surface area contributed by atoms with Crippen LogP contribution in [0.3, 0.4) is 0 Å². The van der Waals surface area contributed by atoms with Crippen LogP contribution in [0.4, 0.5) is 0 Å². The number of nitrogens with zero attached hydrogens (tertiary/aromatic N) is 3. The van der Waals surface area contributed by atoms with Gasteiger partial charge in [-0.1, -0.05) is 53.2 Å². The summed E-state index contributed by atoms with van der Waals surface area (Å²) < 4.78 is 5.50. The van der Waals surface area contributed by atoms with Crippen LogP contribution in [-0.4, -0.2) is 27.5 Å². The van der Waals surface area contributed by atoms with Crippen LogP contribution in [0.2, 0.25) is 0 Å². The average Bonchev–Trinajstić information content (AvgIpc) is 3.26. The first-order chi connectivity index (χ1) is 12.6. The Labute approximate surface area is 152 Å². The third-order valence-corrected chi connectivity index (χ3v) is 4.86. The van der Waals surface area contributed by atoms with E-state index in [0.717, 1.165) is 22.3 Å². The normalized spacial score (nSPS) is 17.1. The van der Waals surface area contributed by atoms with Gasteiger partial charge in [0.1, 0.15) is 0 Å². The number of rotatable bonds is 4. The van der Waals surface area contributed by atoms with E-state index in [0.29, 0.717) is 31.2 Å². The molecule has 1 aliphatic heterocycles. The third kappa shape index (κ3) is 3.25. The minimum absolute atomic E-state index is 0.0439. The third-order valence-electron chi connectivity index (χ3n) is 4.86. The zero-order valence-electron chi connectivity index (χ0n) is 15.0. The molecule has 26 heavy (non-hydrogen) atoms. The molecule has 1 fully saturated rings. The van der Waals surface area contributed by atoms with Crippen LogP contribution in [0.25, 0.3) is 11.4 Å². The molecule has 2 heterocycles. The molecule has 0 spiro atoms. The summed E-state index contributed by atoms with van der Waals surface area (Å²) in [6.07, 6.45) is 0.418. The van der Waals surface area contributed by atoms with Crippen molar-refractivity contribution in [2.75, 3.05) is 6.54 Å². The van der Waals surface area contributed by atoms with E-state index in [4.69, 9.17) is 4.52 Å². The van der Waals surface area contributed by atoms with E-state index in [9.17, 15) is 4.79 Å². The summed E-state index contributed by atoms with van der Waals surface area (Å²) in [7, 11) is 0. The number of hydrogen-bond acceptors (Lipinski definition) is 4. The van der Waals surface area contributed by atoms with Gasteiger partial charge in [0.2, 0.25) is 17.6 Å². The second-order valence-electron chi connectivity index (χ2n) is 6.94. The van der Waals surface area contributed by atoms with Crippen molar-refractivity contribution in [3.63, 3.8) is 0 Å². The van der Waals surface area contributed by atoms with Gasteiger partial charge in [-0.3, -0.25) is 4.79 Å². The fourth-order valence-corrected chi connectivity index (χ4v) is 3.38. The fourth-order valence-electron chi connectivity index (χ4n) is 3.38. The van der Waals surface area contributed by atoms with Crippen LogP contribution in [0, 0.1) is 13.8 Å². The summed E-state index contributed by atoms with van der Waals surface area (Å²) in [5.41, 5.74) is 4.37. The summed E-state index contributed by atoms with van der Waals surface area (Å²) in [6, 6.07) is 16.2. The number of benzene rings is 2. The lowest BCUT2D eigenvalue weighted by molar-refractivity contribution is -0.128. The van der Waals surface area contributed by atoms with Crippen LogP contribution in [0.15, 0.2) is 53.1 Å². The average molecular weight is 347 g/mol. The van der Waals surface area contributed by atoms with E-state index in [2.05, 4.69) is 28.3 Å². The van der Waals surface area contributed by atoms with Gasteiger partial charge in [0, 0.05) is 25.1 Å².